The Balaban J connectivity index is 1.62. The first kappa shape index (κ1) is 21.5. The summed E-state index contributed by atoms with van der Waals surface area (Å²) in [6, 6.07) is 18.7. The molecule has 0 aromatic heterocycles. The normalized spacial score (nSPS) is 10.6. The van der Waals surface area contributed by atoms with E-state index in [0.717, 1.165) is 4.47 Å². The van der Waals surface area contributed by atoms with Gasteiger partial charge < -0.3 is 10.1 Å². The van der Waals surface area contributed by atoms with Gasteiger partial charge in [0.15, 0.2) is 0 Å². The van der Waals surface area contributed by atoms with E-state index in [1.54, 1.807) is 61.7 Å². The third-order valence-corrected chi connectivity index (χ3v) is 4.91. The zero-order valence-corrected chi connectivity index (χ0v) is 18.2. The maximum absolute atomic E-state index is 12.3. The maximum Gasteiger partial charge on any atom is 0.271 e. The van der Waals surface area contributed by atoms with Crippen molar-refractivity contribution in [1.82, 2.24) is 5.43 Å². The molecule has 0 radical (unpaired) electrons. The first-order valence-corrected chi connectivity index (χ1v) is 9.98. The molecule has 0 fully saturated rings. The minimum Gasteiger partial charge on any atom is -0.496 e. The van der Waals surface area contributed by atoms with Crippen LogP contribution in [0.3, 0.4) is 0 Å². The second-order valence-corrected chi connectivity index (χ2v) is 7.42. The molecule has 152 valence electrons. The van der Waals surface area contributed by atoms with Crippen LogP contribution in [-0.2, 0) is 0 Å². The Morgan fingerprint density at radius 2 is 1.77 bits per heavy atom. The minimum absolute atomic E-state index is 0.328. The smallest absolute Gasteiger partial charge is 0.271 e. The molecule has 0 heterocycles. The number of halogens is 2. The highest BCUT2D eigenvalue weighted by atomic mass is 79.9. The highest BCUT2D eigenvalue weighted by molar-refractivity contribution is 9.10. The highest BCUT2D eigenvalue weighted by Crippen LogP contribution is 2.21. The molecular formula is C22H17BrClN3O3. The molecule has 3 aromatic carbocycles. The fourth-order valence-corrected chi connectivity index (χ4v) is 3.18. The molecule has 0 unspecified atom stereocenters. The van der Waals surface area contributed by atoms with Gasteiger partial charge in [-0.1, -0.05) is 39.7 Å². The third kappa shape index (κ3) is 5.46. The fraction of sp³-hybridized carbons (Fsp3) is 0.0455. The lowest BCUT2D eigenvalue weighted by molar-refractivity contribution is 0.0954. The quantitative estimate of drug-likeness (QED) is 0.374. The summed E-state index contributed by atoms with van der Waals surface area (Å²) in [4.78, 5) is 24.6. The van der Waals surface area contributed by atoms with Gasteiger partial charge in [0.1, 0.15) is 5.75 Å². The van der Waals surface area contributed by atoms with E-state index in [0.29, 0.717) is 33.1 Å². The molecule has 0 saturated heterocycles. The number of nitrogens with one attached hydrogen (secondary N) is 2. The number of ether oxygens (including phenoxy) is 1. The molecule has 0 saturated carbocycles. The monoisotopic (exact) mass is 485 g/mol. The van der Waals surface area contributed by atoms with E-state index in [4.69, 9.17) is 16.3 Å². The number of rotatable bonds is 6. The SMILES string of the molecule is COc1ccc(Br)cc1C=NNC(=O)c1ccc(NC(=O)c2ccccc2Cl)cc1. The molecule has 3 rings (SSSR count). The zero-order chi connectivity index (χ0) is 21.5. The summed E-state index contributed by atoms with van der Waals surface area (Å²) in [7, 11) is 1.56. The van der Waals surface area contributed by atoms with Crippen molar-refractivity contribution in [3.8, 4) is 5.75 Å². The molecule has 0 spiro atoms. The predicted molar refractivity (Wildman–Crippen MR) is 122 cm³/mol. The Bertz CT molecular complexity index is 1100. The van der Waals surface area contributed by atoms with Gasteiger partial charge in [-0.05, 0) is 54.6 Å². The van der Waals surface area contributed by atoms with Crippen molar-refractivity contribution >= 4 is 51.2 Å². The van der Waals surface area contributed by atoms with Gasteiger partial charge in [-0.25, -0.2) is 5.43 Å². The van der Waals surface area contributed by atoms with Crippen molar-refractivity contribution < 1.29 is 14.3 Å². The van der Waals surface area contributed by atoms with Gasteiger partial charge in [0.2, 0.25) is 0 Å². The van der Waals surface area contributed by atoms with Crippen molar-refractivity contribution in [2.24, 2.45) is 5.10 Å². The Labute approximate surface area is 187 Å². The van der Waals surface area contributed by atoms with Gasteiger partial charge in [-0.3, -0.25) is 9.59 Å². The second-order valence-electron chi connectivity index (χ2n) is 6.10. The van der Waals surface area contributed by atoms with E-state index in [9.17, 15) is 9.59 Å². The van der Waals surface area contributed by atoms with E-state index < -0.39 is 0 Å². The molecule has 8 heteroatoms. The van der Waals surface area contributed by atoms with Gasteiger partial charge in [-0.15, -0.1) is 0 Å². The maximum atomic E-state index is 12.3. The summed E-state index contributed by atoms with van der Waals surface area (Å²) < 4.78 is 6.13. The van der Waals surface area contributed by atoms with Crippen LogP contribution in [0, 0.1) is 0 Å². The van der Waals surface area contributed by atoms with Crippen molar-refractivity contribution in [3.05, 3.63) is 92.9 Å². The van der Waals surface area contributed by atoms with Crippen LogP contribution in [0.1, 0.15) is 26.3 Å². The largest absolute Gasteiger partial charge is 0.496 e. The van der Waals surface area contributed by atoms with Crippen molar-refractivity contribution in [2.75, 3.05) is 12.4 Å². The number of benzene rings is 3. The van der Waals surface area contributed by atoms with Gasteiger partial charge >= 0.3 is 0 Å². The van der Waals surface area contributed by atoms with Gasteiger partial charge in [0.05, 0.1) is 23.9 Å². The van der Waals surface area contributed by atoms with E-state index in [2.05, 4.69) is 31.8 Å². The van der Waals surface area contributed by atoms with Crippen LogP contribution in [0.15, 0.2) is 76.3 Å². The zero-order valence-electron chi connectivity index (χ0n) is 15.9. The lowest BCUT2D eigenvalue weighted by Gasteiger charge is -2.07. The molecule has 0 aliphatic heterocycles. The molecule has 0 atom stereocenters. The van der Waals surface area contributed by atoms with E-state index in [1.807, 2.05) is 12.1 Å². The van der Waals surface area contributed by atoms with Crippen molar-refractivity contribution in [3.63, 3.8) is 0 Å². The fourth-order valence-electron chi connectivity index (χ4n) is 2.58. The molecule has 2 N–H and O–H groups in total. The summed E-state index contributed by atoms with van der Waals surface area (Å²) in [5.74, 6) is -0.0793. The average Bonchev–Trinajstić information content (AvgIpc) is 2.74. The van der Waals surface area contributed by atoms with Crippen LogP contribution in [0.2, 0.25) is 5.02 Å². The van der Waals surface area contributed by atoms with E-state index in [1.165, 1.54) is 6.21 Å². The Morgan fingerprint density at radius 1 is 1.03 bits per heavy atom. The Morgan fingerprint density at radius 3 is 2.47 bits per heavy atom. The van der Waals surface area contributed by atoms with Crippen LogP contribution >= 0.6 is 27.5 Å². The van der Waals surface area contributed by atoms with Crippen molar-refractivity contribution in [2.45, 2.75) is 0 Å². The molecule has 6 nitrogen and oxygen atoms in total. The van der Waals surface area contributed by atoms with E-state index >= 15 is 0 Å². The van der Waals surface area contributed by atoms with Crippen LogP contribution < -0.4 is 15.5 Å². The number of hydrogen-bond donors (Lipinski definition) is 2. The number of amides is 2. The number of nitrogens with zero attached hydrogens (tertiary/aromatic N) is 1. The van der Waals surface area contributed by atoms with Gasteiger partial charge in [-0.2, -0.15) is 5.10 Å². The number of hydrazone groups is 1. The summed E-state index contributed by atoms with van der Waals surface area (Å²) in [5.41, 5.74) is 4.49. The van der Waals surface area contributed by atoms with Crippen LogP contribution in [0.5, 0.6) is 5.75 Å². The second kappa shape index (κ2) is 10.0. The van der Waals surface area contributed by atoms with E-state index in [-0.39, 0.29) is 11.8 Å². The molecule has 0 aliphatic carbocycles. The molecule has 30 heavy (non-hydrogen) atoms. The average molecular weight is 487 g/mol. The third-order valence-electron chi connectivity index (χ3n) is 4.08. The van der Waals surface area contributed by atoms with Crippen LogP contribution in [0.4, 0.5) is 5.69 Å². The number of carbonyl (C=O) groups is 2. The first-order chi connectivity index (χ1) is 14.5. The summed E-state index contributed by atoms with van der Waals surface area (Å²) in [6.07, 6.45) is 1.50. The standard InChI is InChI=1S/C22H17BrClN3O3/c1-30-20-11-8-16(23)12-15(20)13-25-27-21(28)14-6-9-17(10-7-14)26-22(29)18-4-2-3-5-19(18)24/h2-13H,1H3,(H,26,29)(H,27,28). The highest BCUT2D eigenvalue weighted by Gasteiger charge is 2.10. The molecule has 3 aromatic rings. The van der Waals surface area contributed by atoms with Crippen LogP contribution in [0.25, 0.3) is 0 Å². The minimum atomic E-state index is -0.385. The summed E-state index contributed by atoms with van der Waals surface area (Å²) >= 11 is 9.42. The first-order valence-electron chi connectivity index (χ1n) is 8.81. The molecule has 2 amide bonds. The topological polar surface area (TPSA) is 79.8 Å². The van der Waals surface area contributed by atoms with Gasteiger partial charge in [0.25, 0.3) is 11.8 Å². The Hall–Kier alpha value is -3.16. The number of methoxy groups -OCH3 is 1. The van der Waals surface area contributed by atoms with Gasteiger partial charge in [0, 0.05) is 21.3 Å². The molecule has 0 aliphatic rings. The number of hydrogen-bond acceptors (Lipinski definition) is 4. The number of anilines is 1. The Kier molecular flexibility index (Phi) is 7.21. The summed E-state index contributed by atoms with van der Waals surface area (Å²) in [5, 5.41) is 7.09. The number of carbonyl (C=O) groups excluding carboxylic acids is 2. The van der Waals surface area contributed by atoms with Crippen molar-refractivity contribution in [1.29, 1.82) is 0 Å². The molecule has 0 bridgehead atoms. The summed E-state index contributed by atoms with van der Waals surface area (Å²) in [6.45, 7) is 0. The molecular weight excluding hydrogens is 470 g/mol. The lowest BCUT2D eigenvalue weighted by atomic mass is 10.1. The lowest BCUT2D eigenvalue weighted by Crippen LogP contribution is -2.18. The predicted octanol–water partition coefficient (Wildman–Crippen LogP) is 5.13. The van der Waals surface area contributed by atoms with Crippen LogP contribution in [-0.4, -0.2) is 25.1 Å².